The van der Waals surface area contributed by atoms with Crippen LogP contribution in [0.25, 0.3) is 0 Å². The molecule has 14 heavy (non-hydrogen) atoms. The van der Waals surface area contributed by atoms with Gasteiger partial charge in [0.1, 0.15) is 5.75 Å². The smallest absolute Gasteiger partial charge is 0.120 e. The molecule has 1 aromatic rings. The lowest BCUT2D eigenvalue weighted by Gasteiger charge is -2.25. The van der Waals surface area contributed by atoms with Gasteiger partial charge in [-0.05, 0) is 31.0 Å². The van der Waals surface area contributed by atoms with Gasteiger partial charge in [-0.25, -0.2) is 0 Å². The Balaban J connectivity index is 2.44. The Morgan fingerprint density at radius 1 is 1.29 bits per heavy atom. The number of hydrogen-bond acceptors (Lipinski definition) is 2. The summed E-state index contributed by atoms with van der Waals surface area (Å²) in [5.41, 5.74) is 6.84. The van der Waals surface area contributed by atoms with Gasteiger partial charge in [-0.3, -0.25) is 0 Å². The van der Waals surface area contributed by atoms with Crippen molar-refractivity contribution in [2.45, 2.75) is 31.2 Å². The summed E-state index contributed by atoms with van der Waals surface area (Å²) in [6.45, 7) is 0. The lowest BCUT2D eigenvalue weighted by atomic mass is 9.89. The molecule has 0 bridgehead atoms. The molecule has 76 valence electrons. The van der Waals surface area contributed by atoms with E-state index in [2.05, 4.69) is 15.9 Å². The summed E-state index contributed by atoms with van der Waals surface area (Å²) < 4.78 is 0.974. The molecule has 0 saturated heterocycles. The zero-order valence-corrected chi connectivity index (χ0v) is 9.55. The van der Waals surface area contributed by atoms with Gasteiger partial charge in [0.25, 0.3) is 0 Å². The number of halogens is 1. The molecule has 0 unspecified atom stereocenters. The third-order valence-corrected chi connectivity index (χ3v) is 3.48. The minimum absolute atomic E-state index is 0.312. The van der Waals surface area contributed by atoms with E-state index in [0.717, 1.165) is 35.7 Å². The van der Waals surface area contributed by atoms with Crippen LogP contribution in [0.4, 0.5) is 0 Å². The number of nitrogens with two attached hydrogens (primary N) is 1. The monoisotopic (exact) mass is 255 g/mol. The van der Waals surface area contributed by atoms with Crippen LogP contribution < -0.4 is 5.73 Å². The van der Waals surface area contributed by atoms with Crippen molar-refractivity contribution < 1.29 is 5.11 Å². The van der Waals surface area contributed by atoms with Crippen LogP contribution in [-0.2, 0) is 5.54 Å². The summed E-state index contributed by atoms with van der Waals surface area (Å²) >= 11 is 3.40. The van der Waals surface area contributed by atoms with Crippen LogP contribution in [0.2, 0.25) is 0 Å². The molecule has 2 rings (SSSR count). The van der Waals surface area contributed by atoms with Crippen molar-refractivity contribution in [1.82, 2.24) is 0 Å². The van der Waals surface area contributed by atoms with Crippen LogP contribution in [0.15, 0.2) is 22.7 Å². The van der Waals surface area contributed by atoms with Gasteiger partial charge >= 0.3 is 0 Å². The molecule has 0 spiro atoms. The van der Waals surface area contributed by atoms with E-state index < -0.39 is 0 Å². The number of hydrogen-bond donors (Lipinski definition) is 2. The van der Waals surface area contributed by atoms with Gasteiger partial charge in [0.15, 0.2) is 0 Å². The van der Waals surface area contributed by atoms with E-state index in [1.54, 1.807) is 6.07 Å². The normalized spacial score (nSPS) is 19.9. The summed E-state index contributed by atoms with van der Waals surface area (Å²) in [5, 5.41) is 9.76. The zero-order valence-electron chi connectivity index (χ0n) is 7.96. The minimum atomic E-state index is -0.312. The van der Waals surface area contributed by atoms with Gasteiger partial charge < -0.3 is 10.8 Å². The highest BCUT2D eigenvalue weighted by atomic mass is 79.9. The average Bonchev–Trinajstić information content (AvgIpc) is 2.58. The lowest BCUT2D eigenvalue weighted by molar-refractivity contribution is 0.409. The average molecular weight is 256 g/mol. The molecule has 0 amide bonds. The third-order valence-electron chi connectivity index (χ3n) is 2.99. The van der Waals surface area contributed by atoms with Gasteiger partial charge in [-0.2, -0.15) is 0 Å². The standard InChI is InChI=1S/C11H14BrNO/c12-8-3-4-10(14)9(7-8)11(13)5-1-2-6-11/h3-4,7,14H,1-2,5-6,13H2. The molecule has 0 radical (unpaired) electrons. The maximum Gasteiger partial charge on any atom is 0.120 e. The number of rotatable bonds is 1. The first-order valence-corrected chi connectivity index (χ1v) is 5.69. The van der Waals surface area contributed by atoms with Crippen molar-refractivity contribution in [1.29, 1.82) is 0 Å². The molecule has 1 aliphatic rings. The molecular weight excluding hydrogens is 242 g/mol. The maximum atomic E-state index is 9.76. The van der Waals surface area contributed by atoms with Gasteiger partial charge in [-0.15, -0.1) is 0 Å². The Kier molecular flexibility index (Phi) is 2.54. The molecule has 0 aromatic heterocycles. The Labute approximate surface area is 92.3 Å². The fourth-order valence-corrected chi connectivity index (χ4v) is 2.54. The summed E-state index contributed by atoms with van der Waals surface area (Å²) in [5.74, 6) is 0.317. The van der Waals surface area contributed by atoms with E-state index in [9.17, 15) is 5.11 Å². The first-order valence-electron chi connectivity index (χ1n) is 4.90. The summed E-state index contributed by atoms with van der Waals surface area (Å²) in [4.78, 5) is 0. The Morgan fingerprint density at radius 3 is 2.57 bits per heavy atom. The van der Waals surface area contributed by atoms with Crippen molar-refractivity contribution in [3.8, 4) is 5.75 Å². The molecule has 1 saturated carbocycles. The van der Waals surface area contributed by atoms with Crippen molar-refractivity contribution in [2.75, 3.05) is 0 Å². The van der Waals surface area contributed by atoms with Crippen LogP contribution in [0.3, 0.4) is 0 Å². The van der Waals surface area contributed by atoms with E-state index in [0.29, 0.717) is 5.75 Å². The Hall–Kier alpha value is -0.540. The van der Waals surface area contributed by atoms with Crippen LogP contribution in [0.5, 0.6) is 5.75 Å². The van der Waals surface area contributed by atoms with Crippen LogP contribution in [-0.4, -0.2) is 5.11 Å². The van der Waals surface area contributed by atoms with Crippen molar-refractivity contribution in [3.05, 3.63) is 28.2 Å². The van der Waals surface area contributed by atoms with E-state index in [-0.39, 0.29) is 5.54 Å². The number of phenols is 1. The van der Waals surface area contributed by atoms with Gasteiger partial charge in [0, 0.05) is 15.6 Å². The molecule has 3 N–H and O–H groups in total. The topological polar surface area (TPSA) is 46.2 Å². The van der Waals surface area contributed by atoms with Crippen LogP contribution in [0, 0.1) is 0 Å². The first kappa shape index (κ1) is 9.99. The SMILES string of the molecule is NC1(c2cc(Br)ccc2O)CCCC1. The first-order chi connectivity index (χ1) is 6.62. The molecule has 1 fully saturated rings. The minimum Gasteiger partial charge on any atom is -0.508 e. The molecule has 0 aliphatic heterocycles. The number of benzene rings is 1. The fourth-order valence-electron chi connectivity index (χ4n) is 2.18. The highest BCUT2D eigenvalue weighted by Gasteiger charge is 2.33. The van der Waals surface area contributed by atoms with Crippen LogP contribution in [0.1, 0.15) is 31.2 Å². The van der Waals surface area contributed by atoms with Gasteiger partial charge in [-0.1, -0.05) is 28.8 Å². The lowest BCUT2D eigenvalue weighted by Crippen LogP contribution is -2.33. The molecule has 3 heteroatoms. The highest BCUT2D eigenvalue weighted by molar-refractivity contribution is 9.10. The van der Waals surface area contributed by atoms with Gasteiger partial charge in [0.05, 0.1) is 0 Å². The fraction of sp³-hybridized carbons (Fsp3) is 0.455. The highest BCUT2D eigenvalue weighted by Crippen LogP contribution is 2.41. The van der Waals surface area contributed by atoms with E-state index in [1.807, 2.05) is 12.1 Å². The van der Waals surface area contributed by atoms with E-state index >= 15 is 0 Å². The quantitative estimate of drug-likeness (QED) is 0.811. The van der Waals surface area contributed by atoms with Crippen molar-refractivity contribution in [3.63, 3.8) is 0 Å². The maximum absolute atomic E-state index is 9.76. The second kappa shape index (κ2) is 3.55. The molecule has 0 atom stereocenters. The van der Waals surface area contributed by atoms with Crippen LogP contribution >= 0.6 is 15.9 Å². The molecule has 1 aromatic carbocycles. The molecule has 1 aliphatic carbocycles. The second-order valence-electron chi connectivity index (χ2n) is 4.02. The predicted octanol–water partition coefficient (Wildman–Crippen LogP) is 2.88. The Morgan fingerprint density at radius 2 is 1.93 bits per heavy atom. The zero-order chi connectivity index (χ0) is 10.2. The molecular formula is C11H14BrNO. The van der Waals surface area contributed by atoms with Crippen molar-refractivity contribution in [2.24, 2.45) is 5.73 Å². The molecule has 0 heterocycles. The summed E-state index contributed by atoms with van der Waals surface area (Å²) in [6.07, 6.45) is 4.25. The largest absolute Gasteiger partial charge is 0.508 e. The third kappa shape index (κ3) is 1.66. The van der Waals surface area contributed by atoms with E-state index in [1.165, 1.54) is 0 Å². The molecule has 2 nitrogen and oxygen atoms in total. The van der Waals surface area contributed by atoms with Gasteiger partial charge in [0.2, 0.25) is 0 Å². The summed E-state index contributed by atoms with van der Waals surface area (Å²) in [6, 6.07) is 5.46. The predicted molar refractivity (Wildman–Crippen MR) is 60.1 cm³/mol. The summed E-state index contributed by atoms with van der Waals surface area (Å²) in [7, 11) is 0. The van der Waals surface area contributed by atoms with E-state index in [4.69, 9.17) is 5.73 Å². The Bertz CT molecular complexity index is 345. The number of aromatic hydroxyl groups is 1. The van der Waals surface area contributed by atoms with Crippen molar-refractivity contribution >= 4 is 15.9 Å². The second-order valence-corrected chi connectivity index (χ2v) is 4.94. The number of phenolic OH excluding ortho intramolecular Hbond substituents is 1.